The molecule has 84 valence electrons. The number of carbonyl (C=O) groups is 1. The van der Waals surface area contributed by atoms with Gasteiger partial charge in [0.1, 0.15) is 0 Å². The minimum atomic E-state index is -0.216. The lowest BCUT2D eigenvalue weighted by Gasteiger charge is -2.11. The standard InChI is InChI=1S/C12H14N2O2/c1-9(7-12(15)16-2)14-11-6-4-3-5-10(11)8-13-14/h3-6,8-9H,7H2,1-2H3. The molecule has 1 atom stereocenters. The maximum absolute atomic E-state index is 11.2. The number of ether oxygens (including phenoxy) is 1. The van der Waals surface area contributed by atoms with E-state index in [0.717, 1.165) is 10.9 Å². The molecule has 0 aliphatic carbocycles. The van der Waals surface area contributed by atoms with Gasteiger partial charge in [-0.2, -0.15) is 5.10 Å². The summed E-state index contributed by atoms with van der Waals surface area (Å²) in [7, 11) is 1.40. The summed E-state index contributed by atoms with van der Waals surface area (Å²) in [5.74, 6) is -0.216. The summed E-state index contributed by atoms with van der Waals surface area (Å²) < 4.78 is 6.50. The van der Waals surface area contributed by atoms with E-state index in [1.54, 1.807) is 0 Å². The number of aromatic nitrogens is 2. The van der Waals surface area contributed by atoms with Gasteiger partial charge in [0.05, 0.1) is 31.3 Å². The van der Waals surface area contributed by atoms with Crippen LogP contribution in [0.5, 0.6) is 0 Å². The first-order valence-corrected chi connectivity index (χ1v) is 5.21. The number of methoxy groups -OCH3 is 1. The van der Waals surface area contributed by atoms with Crippen molar-refractivity contribution in [2.24, 2.45) is 0 Å². The molecule has 0 spiro atoms. The molecule has 0 saturated heterocycles. The SMILES string of the molecule is COC(=O)CC(C)n1ncc2ccccc21. The highest BCUT2D eigenvalue weighted by Crippen LogP contribution is 2.19. The van der Waals surface area contributed by atoms with Crippen molar-refractivity contribution in [1.82, 2.24) is 9.78 Å². The second kappa shape index (κ2) is 4.35. The number of carbonyl (C=O) groups excluding carboxylic acids is 1. The van der Waals surface area contributed by atoms with Crippen molar-refractivity contribution in [3.05, 3.63) is 30.5 Å². The molecule has 1 aromatic heterocycles. The van der Waals surface area contributed by atoms with Crippen LogP contribution in [-0.2, 0) is 9.53 Å². The molecular weight excluding hydrogens is 204 g/mol. The number of nitrogens with zero attached hydrogens (tertiary/aromatic N) is 2. The van der Waals surface area contributed by atoms with Crippen LogP contribution in [0.4, 0.5) is 0 Å². The molecule has 0 fully saturated rings. The average Bonchev–Trinajstić information content (AvgIpc) is 2.72. The molecule has 2 aromatic rings. The molecule has 1 aromatic carbocycles. The Morgan fingerprint density at radius 2 is 2.25 bits per heavy atom. The number of fused-ring (bicyclic) bond motifs is 1. The van der Waals surface area contributed by atoms with Crippen LogP contribution in [0.2, 0.25) is 0 Å². The van der Waals surface area contributed by atoms with Gasteiger partial charge in [-0.25, -0.2) is 0 Å². The van der Waals surface area contributed by atoms with Crippen LogP contribution in [0.15, 0.2) is 30.5 Å². The Bertz CT molecular complexity index is 504. The fourth-order valence-corrected chi connectivity index (χ4v) is 1.75. The summed E-state index contributed by atoms with van der Waals surface area (Å²) in [6, 6.07) is 7.94. The third kappa shape index (κ3) is 1.91. The van der Waals surface area contributed by atoms with Crippen LogP contribution >= 0.6 is 0 Å². The predicted molar refractivity (Wildman–Crippen MR) is 61.1 cm³/mol. The van der Waals surface area contributed by atoms with Gasteiger partial charge in [-0.15, -0.1) is 0 Å². The van der Waals surface area contributed by atoms with Gasteiger partial charge in [0.15, 0.2) is 0 Å². The fourth-order valence-electron chi connectivity index (χ4n) is 1.75. The average molecular weight is 218 g/mol. The van der Waals surface area contributed by atoms with Crippen LogP contribution in [0.1, 0.15) is 19.4 Å². The highest BCUT2D eigenvalue weighted by molar-refractivity contribution is 5.78. The number of hydrogen-bond donors (Lipinski definition) is 0. The van der Waals surface area contributed by atoms with Crippen molar-refractivity contribution >= 4 is 16.9 Å². The second-order valence-corrected chi connectivity index (χ2v) is 3.78. The molecule has 4 heteroatoms. The van der Waals surface area contributed by atoms with Crippen LogP contribution in [0.25, 0.3) is 10.9 Å². The largest absolute Gasteiger partial charge is 0.469 e. The van der Waals surface area contributed by atoms with Gasteiger partial charge in [-0.3, -0.25) is 9.48 Å². The van der Waals surface area contributed by atoms with Crippen molar-refractivity contribution in [3.63, 3.8) is 0 Å². The number of para-hydroxylation sites is 1. The molecule has 1 unspecified atom stereocenters. The molecule has 0 radical (unpaired) electrons. The minimum Gasteiger partial charge on any atom is -0.469 e. The van der Waals surface area contributed by atoms with Gasteiger partial charge in [0.2, 0.25) is 0 Å². The zero-order valence-electron chi connectivity index (χ0n) is 9.38. The second-order valence-electron chi connectivity index (χ2n) is 3.78. The van der Waals surface area contributed by atoms with Gasteiger partial charge >= 0.3 is 5.97 Å². The van der Waals surface area contributed by atoms with Crippen LogP contribution in [0.3, 0.4) is 0 Å². The first-order chi connectivity index (χ1) is 7.72. The van der Waals surface area contributed by atoms with Crippen molar-refractivity contribution in [3.8, 4) is 0 Å². The number of benzene rings is 1. The van der Waals surface area contributed by atoms with E-state index < -0.39 is 0 Å². The normalized spacial score (nSPS) is 12.6. The van der Waals surface area contributed by atoms with E-state index in [0.29, 0.717) is 6.42 Å². The first-order valence-electron chi connectivity index (χ1n) is 5.21. The maximum Gasteiger partial charge on any atom is 0.307 e. The topological polar surface area (TPSA) is 44.1 Å². The van der Waals surface area contributed by atoms with E-state index in [9.17, 15) is 4.79 Å². The van der Waals surface area contributed by atoms with Gasteiger partial charge in [-0.1, -0.05) is 18.2 Å². The van der Waals surface area contributed by atoms with E-state index in [4.69, 9.17) is 0 Å². The summed E-state index contributed by atoms with van der Waals surface area (Å²) >= 11 is 0. The quantitative estimate of drug-likeness (QED) is 0.741. The van der Waals surface area contributed by atoms with Crippen LogP contribution < -0.4 is 0 Å². The summed E-state index contributed by atoms with van der Waals surface area (Å²) in [4.78, 5) is 11.2. The fraction of sp³-hybridized carbons (Fsp3) is 0.333. The summed E-state index contributed by atoms with van der Waals surface area (Å²) in [6.07, 6.45) is 2.14. The molecule has 0 aliphatic rings. The Hall–Kier alpha value is -1.84. The zero-order valence-corrected chi connectivity index (χ0v) is 9.38. The monoisotopic (exact) mass is 218 g/mol. The molecule has 0 saturated carbocycles. The lowest BCUT2D eigenvalue weighted by atomic mass is 10.2. The van der Waals surface area contributed by atoms with Gasteiger partial charge < -0.3 is 4.74 Å². The predicted octanol–water partition coefficient (Wildman–Crippen LogP) is 2.16. The Kier molecular flexibility index (Phi) is 2.90. The Morgan fingerprint density at radius 3 is 3.00 bits per heavy atom. The lowest BCUT2D eigenvalue weighted by molar-refractivity contribution is -0.141. The zero-order chi connectivity index (χ0) is 11.5. The minimum absolute atomic E-state index is 0.00681. The molecule has 1 heterocycles. The van der Waals surface area contributed by atoms with E-state index in [2.05, 4.69) is 9.84 Å². The van der Waals surface area contributed by atoms with Crippen molar-refractivity contribution in [2.75, 3.05) is 7.11 Å². The van der Waals surface area contributed by atoms with Crippen molar-refractivity contribution in [1.29, 1.82) is 0 Å². The molecule has 0 amide bonds. The third-order valence-corrected chi connectivity index (χ3v) is 2.61. The summed E-state index contributed by atoms with van der Waals surface area (Å²) in [5.41, 5.74) is 1.04. The Balaban J connectivity index is 2.29. The highest BCUT2D eigenvalue weighted by Gasteiger charge is 2.13. The van der Waals surface area contributed by atoms with Crippen LogP contribution in [0, 0.1) is 0 Å². The summed E-state index contributed by atoms with van der Waals surface area (Å²) in [5, 5.41) is 5.37. The van der Waals surface area contributed by atoms with E-state index >= 15 is 0 Å². The Labute approximate surface area is 93.8 Å². The molecule has 4 nitrogen and oxygen atoms in total. The van der Waals surface area contributed by atoms with E-state index in [-0.39, 0.29) is 12.0 Å². The van der Waals surface area contributed by atoms with Crippen molar-refractivity contribution < 1.29 is 9.53 Å². The molecule has 16 heavy (non-hydrogen) atoms. The highest BCUT2D eigenvalue weighted by atomic mass is 16.5. The third-order valence-electron chi connectivity index (χ3n) is 2.61. The number of hydrogen-bond acceptors (Lipinski definition) is 3. The lowest BCUT2D eigenvalue weighted by Crippen LogP contribution is -2.13. The molecular formula is C12H14N2O2. The van der Waals surface area contributed by atoms with Crippen LogP contribution in [-0.4, -0.2) is 22.9 Å². The van der Waals surface area contributed by atoms with Gasteiger partial charge in [0, 0.05) is 5.39 Å². The van der Waals surface area contributed by atoms with Gasteiger partial charge in [-0.05, 0) is 13.0 Å². The summed E-state index contributed by atoms with van der Waals surface area (Å²) in [6.45, 7) is 1.95. The Morgan fingerprint density at radius 1 is 1.50 bits per heavy atom. The molecule has 0 N–H and O–H groups in total. The molecule has 2 rings (SSSR count). The van der Waals surface area contributed by atoms with Crippen molar-refractivity contribution in [2.45, 2.75) is 19.4 Å². The first kappa shape index (κ1) is 10.7. The number of rotatable bonds is 3. The van der Waals surface area contributed by atoms with E-state index in [1.807, 2.05) is 42.1 Å². The number of esters is 1. The molecule has 0 bridgehead atoms. The smallest absolute Gasteiger partial charge is 0.307 e. The maximum atomic E-state index is 11.2. The molecule has 0 aliphatic heterocycles. The van der Waals surface area contributed by atoms with E-state index in [1.165, 1.54) is 7.11 Å². The van der Waals surface area contributed by atoms with Gasteiger partial charge in [0.25, 0.3) is 0 Å².